The van der Waals surface area contributed by atoms with E-state index in [1.165, 1.54) is 18.2 Å². The molecule has 2 fully saturated rings. The van der Waals surface area contributed by atoms with Gasteiger partial charge in [-0.25, -0.2) is 4.39 Å². The van der Waals surface area contributed by atoms with Crippen molar-refractivity contribution in [3.63, 3.8) is 0 Å². The maximum atomic E-state index is 13.7. The van der Waals surface area contributed by atoms with Gasteiger partial charge in [-0.1, -0.05) is 13.0 Å². The third-order valence-electron chi connectivity index (χ3n) is 6.21. The average molecular weight is 367 g/mol. The fourth-order valence-corrected chi connectivity index (χ4v) is 4.36. The zero-order valence-corrected chi connectivity index (χ0v) is 16.1. The second-order valence-corrected chi connectivity index (χ2v) is 8.66. The largest absolute Gasteiger partial charge is 0.507 e. The van der Waals surface area contributed by atoms with Crippen LogP contribution in [0.3, 0.4) is 0 Å². The Balaban J connectivity index is 1.77. The smallest absolute Gasteiger partial charge is 0.254 e. The van der Waals surface area contributed by atoms with Gasteiger partial charge in [-0.2, -0.15) is 0 Å². The molecule has 2 atom stereocenters. The van der Waals surface area contributed by atoms with E-state index in [-0.39, 0.29) is 23.0 Å². The van der Waals surface area contributed by atoms with Crippen molar-refractivity contribution >= 4 is 5.91 Å². The first-order valence-corrected chi connectivity index (χ1v) is 9.73. The quantitative estimate of drug-likeness (QED) is 0.796. The molecule has 1 aliphatic carbocycles. The molecule has 1 saturated heterocycles. The lowest BCUT2D eigenvalue weighted by molar-refractivity contribution is 0.0651. The molecule has 142 valence electrons. The zero-order valence-electron chi connectivity index (χ0n) is 16.1. The van der Waals surface area contributed by atoms with E-state index >= 15 is 0 Å². The SMILES string of the molecule is CC1CC1c1cc(-c2cc(F)ccc2O)ccc1C(=O)N1CCCC1(C)C. The summed E-state index contributed by atoms with van der Waals surface area (Å²) in [6.07, 6.45) is 3.11. The molecule has 0 bridgehead atoms. The number of amides is 1. The van der Waals surface area contributed by atoms with E-state index < -0.39 is 0 Å². The van der Waals surface area contributed by atoms with Crippen LogP contribution in [-0.2, 0) is 0 Å². The highest BCUT2D eigenvalue weighted by molar-refractivity contribution is 5.97. The molecular weight excluding hydrogens is 341 g/mol. The predicted octanol–water partition coefficient (Wildman–Crippen LogP) is 5.34. The van der Waals surface area contributed by atoms with Crippen molar-refractivity contribution in [2.24, 2.45) is 5.92 Å². The van der Waals surface area contributed by atoms with Gasteiger partial charge < -0.3 is 10.0 Å². The maximum absolute atomic E-state index is 13.7. The van der Waals surface area contributed by atoms with Crippen LogP contribution in [-0.4, -0.2) is 28.0 Å². The number of carbonyl (C=O) groups is 1. The molecule has 1 amide bonds. The predicted molar refractivity (Wildman–Crippen MR) is 104 cm³/mol. The van der Waals surface area contributed by atoms with Crippen LogP contribution in [0.4, 0.5) is 4.39 Å². The number of hydrogen-bond donors (Lipinski definition) is 1. The Bertz CT molecular complexity index is 905. The van der Waals surface area contributed by atoms with Crippen LogP contribution in [0.1, 0.15) is 61.9 Å². The Kier molecular flexibility index (Phi) is 4.25. The maximum Gasteiger partial charge on any atom is 0.254 e. The Morgan fingerprint density at radius 1 is 1.22 bits per heavy atom. The number of aromatic hydroxyl groups is 1. The number of rotatable bonds is 3. The number of benzene rings is 2. The van der Waals surface area contributed by atoms with Crippen LogP contribution in [0.25, 0.3) is 11.1 Å². The molecule has 2 unspecified atom stereocenters. The van der Waals surface area contributed by atoms with Gasteiger partial charge in [0.1, 0.15) is 11.6 Å². The number of nitrogens with zero attached hydrogens (tertiary/aromatic N) is 1. The summed E-state index contributed by atoms with van der Waals surface area (Å²) in [5.41, 5.74) is 2.86. The number of phenols is 1. The number of halogens is 1. The van der Waals surface area contributed by atoms with Gasteiger partial charge in [0, 0.05) is 23.2 Å². The van der Waals surface area contributed by atoms with Gasteiger partial charge in [-0.05, 0) is 86.4 Å². The lowest BCUT2D eigenvalue weighted by atomic mass is 9.93. The normalized spacial score (nSPS) is 23.5. The first-order valence-electron chi connectivity index (χ1n) is 9.73. The molecule has 4 rings (SSSR count). The van der Waals surface area contributed by atoms with Gasteiger partial charge in [0.05, 0.1) is 0 Å². The minimum Gasteiger partial charge on any atom is -0.507 e. The lowest BCUT2D eigenvalue weighted by Crippen LogP contribution is -2.43. The molecule has 1 heterocycles. The number of hydrogen-bond acceptors (Lipinski definition) is 2. The summed E-state index contributed by atoms with van der Waals surface area (Å²) < 4.78 is 13.7. The highest BCUT2D eigenvalue weighted by Crippen LogP contribution is 2.49. The number of likely N-dealkylation sites (tertiary alicyclic amines) is 1. The van der Waals surface area contributed by atoms with Gasteiger partial charge in [0.15, 0.2) is 0 Å². The van der Waals surface area contributed by atoms with E-state index in [1.54, 1.807) is 0 Å². The Labute approximate surface area is 159 Å². The van der Waals surface area contributed by atoms with Gasteiger partial charge in [-0.3, -0.25) is 4.79 Å². The van der Waals surface area contributed by atoms with Crippen molar-refractivity contribution in [2.45, 2.75) is 51.5 Å². The fraction of sp³-hybridized carbons (Fsp3) is 0.435. The van der Waals surface area contributed by atoms with Crippen LogP contribution in [0, 0.1) is 11.7 Å². The second-order valence-electron chi connectivity index (χ2n) is 8.66. The molecule has 27 heavy (non-hydrogen) atoms. The molecule has 4 heteroatoms. The topological polar surface area (TPSA) is 40.5 Å². The molecule has 0 spiro atoms. The van der Waals surface area contributed by atoms with Crippen molar-refractivity contribution in [1.82, 2.24) is 4.90 Å². The number of phenolic OH excluding ortho intramolecular Hbond substituents is 1. The third kappa shape index (κ3) is 3.22. The highest BCUT2D eigenvalue weighted by Gasteiger charge is 2.40. The van der Waals surface area contributed by atoms with Crippen molar-refractivity contribution in [3.05, 3.63) is 53.3 Å². The minimum absolute atomic E-state index is 0.0472. The molecule has 1 N–H and O–H groups in total. The van der Waals surface area contributed by atoms with E-state index in [1.807, 2.05) is 23.1 Å². The third-order valence-corrected chi connectivity index (χ3v) is 6.21. The molecule has 2 aliphatic rings. The van der Waals surface area contributed by atoms with Crippen LogP contribution in [0.2, 0.25) is 0 Å². The molecular formula is C23H26FNO2. The Morgan fingerprint density at radius 2 is 1.96 bits per heavy atom. The first-order chi connectivity index (χ1) is 12.8. The summed E-state index contributed by atoms with van der Waals surface area (Å²) in [5.74, 6) is 0.639. The monoisotopic (exact) mass is 367 g/mol. The van der Waals surface area contributed by atoms with Gasteiger partial charge in [0.25, 0.3) is 5.91 Å². The summed E-state index contributed by atoms with van der Waals surface area (Å²) in [5, 5.41) is 10.2. The van der Waals surface area contributed by atoms with Crippen LogP contribution in [0.15, 0.2) is 36.4 Å². The molecule has 0 radical (unpaired) electrons. The summed E-state index contributed by atoms with van der Waals surface area (Å²) in [6.45, 7) is 7.22. The first kappa shape index (κ1) is 18.0. The fourth-order valence-electron chi connectivity index (χ4n) is 4.36. The molecule has 1 aliphatic heterocycles. The van der Waals surface area contributed by atoms with Gasteiger partial charge in [-0.15, -0.1) is 0 Å². The summed E-state index contributed by atoms with van der Waals surface area (Å²) >= 11 is 0. The second kappa shape index (κ2) is 6.36. The molecule has 0 aromatic heterocycles. The molecule has 1 saturated carbocycles. The van der Waals surface area contributed by atoms with Crippen LogP contribution >= 0.6 is 0 Å². The lowest BCUT2D eigenvalue weighted by Gasteiger charge is -2.32. The molecule has 3 nitrogen and oxygen atoms in total. The van der Waals surface area contributed by atoms with E-state index in [4.69, 9.17) is 0 Å². The van der Waals surface area contributed by atoms with E-state index in [0.717, 1.165) is 42.5 Å². The highest BCUT2D eigenvalue weighted by atomic mass is 19.1. The van der Waals surface area contributed by atoms with Gasteiger partial charge >= 0.3 is 0 Å². The summed E-state index contributed by atoms with van der Waals surface area (Å²) in [4.78, 5) is 15.3. The van der Waals surface area contributed by atoms with Crippen LogP contribution < -0.4 is 0 Å². The zero-order chi connectivity index (χ0) is 19.3. The van der Waals surface area contributed by atoms with E-state index in [0.29, 0.717) is 17.4 Å². The van der Waals surface area contributed by atoms with Crippen molar-refractivity contribution < 1.29 is 14.3 Å². The number of carbonyl (C=O) groups excluding carboxylic acids is 1. The minimum atomic E-state index is -0.386. The molecule has 2 aromatic carbocycles. The molecule has 2 aromatic rings. The van der Waals surface area contributed by atoms with E-state index in [2.05, 4.69) is 20.8 Å². The van der Waals surface area contributed by atoms with Crippen LogP contribution in [0.5, 0.6) is 5.75 Å². The van der Waals surface area contributed by atoms with Gasteiger partial charge in [0.2, 0.25) is 0 Å². The van der Waals surface area contributed by atoms with E-state index in [9.17, 15) is 14.3 Å². The van der Waals surface area contributed by atoms with Crippen molar-refractivity contribution in [1.29, 1.82) is 0 Å². The standard InChI is InChI=1S/C23H26FNO2/c1-14-11-18(14)20-12-15(19-13-16(24)6-8-21(19)26)5-7-17(20)22(27)25-10-4-9-23(25,2)3/h5-8,12-14,18,26H,4,9-11H2,1-3H3. The summed E-state index contributed by atoms with van der Waals surface area (Å²) in [7, 11) is 0. The Hall–Kier alpha value is -2.36. The van der Waals surface area contributed by atoms with Crippen molar-refractivity contribution in [3.8, 4) is 16.9 Å². The van der Waals surface area contributed by atoms with Crippen molar-refractivity contribution in [2.75, 3.05) is 6.54 Å². The Morgan fingerprint density at radius 3 is 2.59 bits per heavy atom. The average Bonchev–Trinajstić information content (AvgIpc) is 3.25. The summed E-state index contributed by atoms with van der Waals surface area (Å²) in [6, 6.07) is 9.61.